The topological polar surface area (TPSA) is 70.4 Å². The smallest absolute Gasteiger partial charge is 0.333 e. The minimum absolute atomic E-state index is 0.132. The van der Waals surface area contributed by atoms with Crippen LogP contribution in [0, 0.1) is 23.0 Å². The number of carbonyl (C=O) groups excluding carboxylic acids is 2. The molecule has 128 valence electrons. The van der Waals surface area contributed by atoms with Gasteiger partial charge in [0, 0.05) is 18.2 Å². The van der Waals surface area contributed by atoms with Crippen molar-refractivity contribution < 1.29 is 23.1 Å². The number of hydrogen-bond acceptors (Lipinski definition) is 4. The van der Waals surface area contributed by atoms with Crippen molar-refractivity contribution >= 4 is 11.9 Å². The van der Waals surface area contributed by atoms with E-state index in [4.69, 9.17) is 5.26 Å². The van der Waals surface area contributed by atoms with Crippen LogP contribution in [0.4, 0.5) is 8.78 Å². The molecule has 0 heterocycles. The van der Waals surface area contributed by atoms with Gasteiger partial charge in [-0.1, -0.05) is 6.07 Å². The van der Waals surface area contributed by atoms with Crippen LogP contribution in [0.2, 0.25) is 0 Å². The summed E-state index contributed by atoms with van der Waals surface area (Å²) in [6, 6.07) is 8.87. The van der Waals surface area contributed by atoms with Gasteiger partial charge in [-0.05, 0) is 36.4 Å². The maximum atomic E-state index is 14.1. The maximum Gasteiger partial charge on any atom is 0.333 e. The molecule has 25 heavy (non-hydrogen) atoms. The minimum Gasteiger partial charge on any atom is -0.467 e. The van der Waals surface area contributed by atoms with Crippen LogP contribution in [0.15, 0.2) is 42.5 Å². The highest BCUT2D eigenvalue weighted by Gasteiger charge is 2.32. The Bertz CT molecular complexity index is 862. The van der Waals surface area contributed by atoms with Crippen molar-refractivity contribution in [3.8, 4) is 6.07 Å². The Morgan fingerprint density at radius 1 is 1.20 bits per heavy atom. The SMILES string of the molecule is COC(=O)C(c1cc(F)ccc1F)N(C)C(=O)c1cccc(C#N)c1. The van der Waals surface area contributed by atoms with E-state index in [1.807, 2.05) is 6.07 Å². The van der Waals surface area contributed by atoms with E-state index in [-0.39, 0.29) is 16.7 Å². The van der Waals surface area contributed by atoms with E-state index in [9.17, 15) is 18.4 Å². The largest absolute Gasteiger partial charge is 0.467 e. The first-order valence-electron chi connectivity index (χ1n) is 7.19. The lowest BCUT2D eigenvalue weighted by Gasteiger charge is -2.27. The van der Waals surface area contributed by atoms with Gasteiger partial charge in [0.05, 0.1) is 18.7 Å². The molecule has 5 nitrogen and oxygen atoms in total. The van der Waals surface area contributed by atoms with E-state index in [0.717, 1.165) is 30.2 Å². The Morgan fingerprint density at radius 3 is 2.56 bits per heavy atom. The summed E-state index contributed by atoms with van der Waals surface area (Å²) in [5.74, 6) is -3.16. The highest BCUT2D eigenvalue weighted by molar-refractivity contribution is 5.97. The Hall–Kier alpha value is -3.27. The first-order chi connectivity index (χ1) is 11.9. The van der Waals surface area contributed by atoms with E-state index >= 15 is 0 Å². The zero-order valence-corrected chi connectivity index (χ0v) is 13.5. The molecule has 2 aromatic carbocycles. The molecule has 0 bridgehead atoms. The third-order valence-corrected chi connectivity index (χ3v) is 3.62. The monoisotopic (exact) mass is 344 g/mol. The van der Waals surface area contributed by atoms with E-state index in [2.05, 4.69) is 4.74 Å². The number of hydrogen-bond donors (Lipinski definition) is 0. The second kappa shape index (κ2) is 7.53. The second-order valence-electron chi connectivity index (χ2n) is 5.20. The predicted molar refractivity (Wildman–Crippen MR) is 84.4 cm³/mol. The van der Waals surface area contributed by atoms with E-state index < -0.39 is 29.6 Å². The zero-order chi connectivity index (χ0) is 18.6. The molecule has 2 aromatic rings. The molecular weight excluding hydrogens is 330 g/mol. The van der Waals surface area contributed by atoms with Crippen LogP contribution in [0.3, 0.4) is 0 Å². The van der Waals surface area contributed by atoms with E-state index in [1.165, 1.54) is 31.3 Å². The van der Waals surface area contributed by atoms with Gasteiger partial charge in [0.2, 0.25) is 0 Å². The number of halogens is 2. The summed E-state index contributed by atoms with van der Waals surface area (Å²) < 4.78 is 32.2. The van der Waals surface area contributed by atoms with Crippen LogP contribution in [-0.2, 0) is 9.53 Å². The Kier molecular flexibility index (Phi) is 5.45. The van der Waals surface area contributed by atoms with Crippen molar-refractivity contribution in [2.24, 2.45) is 0 Å². The van der Waals surface area contributed by atoms with Crippen LogP contribution in [-0.4, -0.2) is 30.9 Å². The molecule has 1 amide bonds. The van der Waals surface area contributed by atoms with Gasteiger partial charge >= 0.3 is 5.97 Å². The number of nitrogens with zero attached hydrogens (tertiary/aromatic N) is 2. The van der Waals surface area contributed by atoms with Crippen molar-refractivity contribution in [3.63, 3.8) is 0 Å². The van der Waals surface area contributed by atoms with Crippen LogP contribution in [0.5, 0.6) is 0 Å². The number of esters is 1. The summed E-state index contributed by atoms with van der Waals surface area (Å²) >= 11 is 0. The molecule has 7 heteroatoms. The summed E-state index contributed by atoms with van der Waals surface area (Å²) in [6.45, 7) is 0. The molecule has 1 atom stereocenters. The maximum absolute atomic E-state index is 14.1. The number of benzene rings is 2. The van der Waals surface area contributed by atoms with Crippen LogP contribution in [0.25, 0.3) is 0 Å². The van der Waals surface area contributed by atoms with Gasteiger partial charge in [-0.15, -0.1) is 0 Å². The molecule has 2 rings (SSSR count). The van der Waals surface area contributed by atoms with Gasteiger partial charge in [0.25, 0.3) is 5.91 Å². The number of rotatable bonds is 4. The highest BCUT2D eigenvalue weighted by Crippen LogP contribution is 2.26. The third kappa shape index (κ3) is 3.80. The van der Waals surface area contributed by atoms with Crippen molar-refractivity contribution in [1.29, 1.82) is 5.26 Å². The molecule has 0 N–H and O–H groups in total. The van der Waals surface area contributed by atoms with Gasteiger partial charge < -0.3 is 9.64 Å². The summed E-state index contributed by atoms with van der Waals surface area (Å²) in [5.41, 5.74) is 0.0669. The quantitative estimate of drug-likeness (QED) is 0.800. The fourth-order valence-corrected chi connectivity index (χ4v) is 2.37. The standard InChI is InChI=1S/C18H14F2N2O3/c1-22(17(23)12-5-3-4-11(8-12)10-21)16(18(24)25-2)14-9-13(19)6-7-15(14)20/h3-9,16H,1-2H3. The highest BCUT2D eigenvalue weighted by atomic mass is 19.1. The van der Waals surface area contributed by atoms with Gasteiger partial charge in [-0.2, -0.15) is 5.26 Å². The lowest BCUT2D eigenvalue weighted by molar-refractivity contribution is -0.146. The molecule has 0 aliphatic carbocycles. The van der Waals surface area contributed by atoms with Crippen molar-refractivity contribution in [3.05, 3.63) is 70.8 Å². The molecule has 1 unspecified atom stereocenters. The second-order valence-corrected chi connectivity index (χ2v) is 5.20. The summed E-state index contributed by atoms with van der Waals surface area (Å²) in [4.78, 5) is 25.7. The fourth-order valence-electron chi connectivity index (χ4n) is 2.37. The van der Waals surface area contributed by atoms with E-state index in [0.29, 0.717) is 0 Å². The first kappa shape index (κ1) is 18.1. The summed E-state index contributed by atoms with van der Waals surface area (Å²) in [6.07, 6.45) is 0. The number of methoxy groups -OCH3 is 1. The molecule has 0 saturated heterocycles. The molecule has 0 aliphatic rings. The number of ether oxygens (including phenoxy) is 1. The predicted octanol–water partition coefficient (Wildman–Crippen LogP) is 2.82. The zero-order valence-electron chi connectivity index (χ0n) is 13.5. The van der Waals surface area contributed by atoms with Crippen molar-refractivity contribution in [2.45, 2.75) is 6.04 Å². The molecule has 0 spiro atoms. The lowest BCUT2D eigenvalue weighted by Crippen LogP contribution is -2.37. The lowest BCUT2D eigenvalue weighted by atomic mass is 10.0. The third-order valence-electron chi connectivity index (χ3n) is 3.62. The number of carbonyl (C=O) groups is 2. The average molecular weight is 344 g/mol. The first-order valence-corrected chi connectivity index (χ1v) is 7.19. The van der Waals surface area contributed by atoms with Crippen LogP contribution >= 0.6 is 0 Å². The molecule has 0 aliphatic heterocycles. The van der Waals surface area contributed by atoms with Crippen molar-refractivity contribution in [1.82, 2.24) is 4.90 Å². The van der Waals surface area contributed by atoms with Gasteiger partial charge in [-0.3, -0.25) is 4.79 Å². The Labute approximate surface area is 143 Å². The van der Waals surface area contributed by atoms with Gasteiger partial charge in [-0.25, -0.2) is 13.6 Å². The molecule has 0 aromatic heterocycles. The number of amides is 1. The Balaban J connectivity index is 2.47. The number of likely N-dealkylation sites (N-methyl/N-ethyl adjacent to an activating group) is 1. The summed E-state index contributed by atoms with van der Waals surface area (Å²) in [7, 11) is 2.36. The van der Waals surface area contributed by atoms with Crippen molar-refractivity contribution in [2.75, 3.05) is 14.2 Å². The van der Waals surface area contributed by atoms with Gasteiger partial charge in [0.15, 0.2) is 6.04 Å². The molecule has 0 radical (unpaired) electrons. The molecule has 0 saturated carbocycles. The van der Waals surface area contributed by atoms with E-state index in [1.54, 1.807) is 0 Å². The van der Waals surface area contributed by atoms with Gasteiger partial charge in [0.1, 0.15) is 11.6 Å². The summed E-state index contributed by atoms with van der Waals surface area (Å²) in [5, 5.41) is 8.92. The van der Waals surface area contributed by atoms with Crippen LogP contribution in [0.1, 0.15) is 27.5 Å². The molecule has 0 fully saturated rings. The van der Waals surface area contributed by atoms with Crippen LogP contribution < -0.4 is 0 Å². The normalized spacial score (nSPS) is 11.3. The average Bonchev–Trinajstić information content (AvgIpc) is 2.63. The fraction of sp³-hybridized carbons (Fsp3) is 0.167. The molecular formula is C18H14F2N2O3. The number of nitriles is 1. The minimum atomic E-state index is -1.47. The Morgan fingerprint density at radius 2 is 1.92 bits per heavy atom.